The average molecular weight is 309 g/mol. The van der Waals surface area contributed by atoms with Crippen molar-refractivity contribution >= 4 is 5.91 Å². The molecule has 1 aliphatic rings. The van der Waals surface area contributed by atoms with Gasteiger partial charge in [-0.3, -0.25) is 4.79 Å². The Hall–Kier alpha value is -2.13. The van der Waals surface area contributed by atoms with Crippen molar-refractivity contribution in [3.05, 3.63) is 59.2 Å². The fourth-order valence-electron chi connectivity index (χ4n) is 3.13. The monoisotopic (exact) mass is 309 g/mol. The molecule has 0 saturated carbocycles. The number of aliphatic hydroxyl groups excluding tert-OH is 1. The van der Waals surface area contributed by atoms with Gasteiger partial charge in [0.2, 0.25) is 5.91 Å². The van der Waals surface area contributed by atoms with Crippen LogP contribution in [0.1, 0.15) is 36.5 Å². The molecular formula is C20H23NO2. The van der Waals surface area contributed by atoms with Gasteiger partial charge in [0, 0.05) is 13.0 Å². The molecule has 1 amide bonds. The third-order valence-electron chi connectivity index (χ3n) is 4.33. The van der Waals surface area contributed by atoms with Crippen molar-refractivity contribution in [3.63, 3.8) is 0 Å². The quantitative estimate of drug-likeness (QED) is 0.735. The summed E-state index contributed by atoms with van der Waals surface area (Å²) >= 11 is 0. The summed E-state index contributed by atoms with van der Waals surface area (Å²) in [6.07, 6.45) is 2.76. The van der Waals surface area contributed by atoms with Crippen molar-refractivity contribution < 1.29 is 9.90 Å². The van der Waals surface area contributed by atoms with E-state index >= 15 is 0 Å². The summed E-state index contributed by atoms with van der Waals surface area (Å²) in [5.41, 5.74) is 6.77. The van der Waals surface area contributed by atoms with Crippen molar-refractivity contribution in [2.45, 2.75) is 38.7 Å². The Balaban J connectivity index is 1.58. The molecule has 1 atom stereocenters. The van der Waals surface area contributed by atoms with Gasteiger partial charge in [-0.2, -0.15) is 0 Å². The van der Waals surface area contributed by atoms with Gasteiger partial charge < -0.3 is 10.4 Å². The summed E-state index contributed by atoms with van der Waals surface area (Å²) in [5, 5.41) is 11.9. The first-order chi connectivity index (χ1) is 11.1. The lowest BCUT2D eigenvalue weighted by Crippen LogP contribution is -2.30. The Bertz CT molecular complexity index is 707. The van der Waals surface area contributed by atoms with E-state index in [0.717, 1.165) is 19.3 Å². The first kappa shape index (κ1) is 15.8. The second-order valence-corrected chi connectivity index (χ2v) is 6.33. The van der Waals surface area contributed by atoms with E-state index in [1.807, 2.05) is 0 Å². The maximum atomic E-state index is 11.7. The summed E-state index contributed by atoms with van der Waals surface area (Å²) in [7, 11) is 0. The first-order valence-electron chi connectivity index (χ1n) is 8.28. The molecule has 0 aliphatic heterocycles. The molecule has 2 N–H and O–H groups in total. The predicted molar refractivity (Wildman–Crippen MR) is 92.3 cm³/mol. The summed E-state index contributed by atoms with van der Waals surface area (Å²) in [5.74, 6) is 0.0115. The minimum absolute atomic E-state index is 0.0115. The van der Waals surface area contributed by atoms with Gasteiger partial charge in [0.15, 0.2) is 0 Å². The minimum Gasteiger partial charge on any atom is -0.392 e. The number of hydrogen-bond donors (Lipinski definition) is 2. The van der Waals surface area contributed by atoms with Crippen molar-refractivity contribution in [1.82, 2.24) is 5.32 Å². The second kappa shape index (κ2) is 6.97. The molecule has 0 aromatic heterocycles. The number of benzene rings is 2. The zero-order chi connectivity index (χ0) is 16.2. The maximum absolute atomic E-state index is 11.7. The standard InChI is InChI=1S/C20H23NO2/c1-14(22)13-21-20(23)8-4-5-15-9-10-17-12-16-6-2-3-7-18(16)19(17)11-15/h2-3,6-7,9-11,14,22H,4-5,8,12-13H2,1H3,(H,21,23). The molecule has 0 heterocycles. The number of aryl methyl sites for hydroxylation is 1. The van der Waals surface area contributed by atoms with Crippen LogP contribution in [0, 0.1) is 0 Å². The van der Waals surface area contributed by atoms with E-state index in [0.29, 0.717) is 13.0 Å². The Kier molecular flexibility index (Phi) is 4.77. The lowest BCUT2D eigenvalue weighted by atomic mass is 10.00. The highest BCUT2D eigenvalue weighted by Gasteiger charge is 2.17. The van der Waals surface area contributed by atoms with E-state index in [1.165, 1.54) is 27.8 Å². The third-order valence-corrected chi connectivity index (χ3v) is 4.33. The molecule has 2 aromatic carbocycles. The van der Waals surface area contributed by atoms with Crippen LogP contribution in [0.4, 0.5) is 0 Å². The van der Waals surface area contributed by atoms with Gasteiger partial charge in [0.1, 0.15) is 0 Å². The van der Waals surface area contributed by atoms with E-state index in [4.69, 9.17) is 5.11 Å². The fraction of sp³-hybridized carbons (Fsp3) is 0.350. The Morgan fingerprint density at radius 3 is 2.78 bits per heavy atom. The molecular weight excluding hydrogens is 286 g/mol. The molecule has 1 aliphatic carbocycles. The molecule has 0 bridgehead atoms. The Morgan fingerprint density at radius 1 is 1.17 bits per heavy atom. The fourth-order valence-corrected chi connectivity index (χ4v) is 3.13. The normalized spacial score (nSPS) is 13.3. The van der Waals surface area contributed by atoms with Crippen molar-refractivity contribution in [3.8, 4) is 11.1 Å². The average Bonchev–Trinajstić information content (AvgIpc) is 2.91. The molecule has 2 aromatic rings. The zero-order valence-electron chi connectivity index (χ0n) is 13.5. The number of amides is 1. The van der Waals surface area contributed by atoms with Crippen LogP contribution in [0.15, 0.2) is 42.5 Å². The predicted octanol–water partition coefficient (Wildman–Crippen LogP) is 3.08. The van der Waals surface area contributed by atoms with Crippen molar-refractivity contribution in [2.24, 2.45) is 0 Å². The van der Waals surface area contributed by atoms with Crippen LogP contribution < -0.4 is 5.32 Å². The first-order valence-corrected chi connectivity index (χ1v) is 8.28. The van der Waals surface area contributed by atoms with E-state index < -0.39 is 6.10 Å². The van der Waals surface area contributed by atoms with Gasteiger partial charge in [0.25, 0.3) is 0 Å². The van der Waals surface area contributed by atoms with Crippen LogP contribution in [-0.4, -0.2) is 23.7 Å². The highest BCUT2D eigenvalue weighted by atomic mass is 16.3. The number of carbonyl (C=O) groups is 1. The summed E-state index contributed by atoms with van der Waals surface area (Å²) < 4.78 is 0. The molecule has 0 fully saturated rings. The van der Waals surface area contributed by atoms with Crippen molar-refractivity contribution in [2.75, 3.05) is 6.54 Å². The lowest BCUT2D eigenvalue weighted by Gasteiger charge is -2.08. The topological polar surface area (TPSA) is 49.3 Å². The van der Waals surface area contributed by atoms with Crippen molar-refractivity contribution in [1.29, 1.82) is 0 Å². The number of fused-ring (bicyclic) bond motifs is 3. The third kappa shape index (κ3) is 3.80. The number of aliphatic hydroxyl groups is 1. The number of hydrogen-bond acceptors (Lipinski definition) is 2. The molecule has 0 spiro atoms. The number of rotatable bonds is 6. The molecule has 3 rings (SSSR count). The van der Waals surface area contributed by atoms with Gasteiger partial charge in [-0.15, -0.1) is 0 Å². The van der Waals surface area contributed by atoms with E-state index in [2.05, 4.69) is 47.8 Å². The maximum Gasteiger partial charge on any atom is 0.220 e. The van der Waals surface area contributed by atoms with Crippen LogP contribution in [0.25, 0.3) is 11.1 Å². The van der Waals surface area contributed by atoms with Crippen LogP contribution in [-0.2, 0) is 17.6 Å². The summed E-state index contributed by atoms with van der Waals surface area (Å²) in [6.45, 7) is 2.00. The van der Waals surface area contributed by atoms with Gasteiger partial charge in [-0.05, 0) is 54.0 Å². The highest BCUT2D eigenvalue weighted by Crippen LogP contribution is 2.36. The van der Waals surface area contributed by atoms with Gasteiger partial charge in [-0.25, -0.2) is 0 Å². The van der Waals surface area contributed by atoms with Gasteiger partial charge >= 0.3 is 0 Å². The summed E-state index contributed by atoms with van der Waals surface area (Å²) in [6, 6.07) is 15.2. The van der Waals surface area contributed by atoms with Crippen LogP contribution in [0.5, 0.6) is 0 Å². The Labute approximate surface area is 137 Å². The highest BCUT2D eigenvalue weighted by molar-refractivity contribution is 5.77. The van der Waals surface area contributed by atoms with Gasteiger partial charge in [-0.1, -0.05) is 42.5 Å². The molecule has 0 radical (unpaired) electrons. The number of carbonyl (C=O) groups excluding carboxylic acids is 1. The summed E-state index contributed by atoms with van der Waals surface area (Å²) in [4.78, 5) is 11.7. The molecule has 120 valence electrons. The van der Waals surface area contributed by atoms with E-state index in [9.17, 15) is 4.79 Å². The Morgan fingerprint density at radius 2 is 1.96 bits per heavy atom. The van der Waals surface area contributed by atoms with Crippen LogP contribution in [0.2, 0.25) is 0 Å². The molecule has 23 heavy (non-hydrogen) atoms. The largest absolute Gasteiger partial charge is 0.392 e. The SMILES string of the molecule is CC(O)CNC(=O)CCCc1ccc2c(c1)-c1ccccc1C2. The molecule has 1 unspecified atom stereocenters. The zero-order valence-corrected chi connectivity index (χ0v) is 13.5. The lowest BCUT2D eigenvalue weighted by molar-refractivity contribution is -0.121. The second-order valence-electron chi connectivity index (χ2n) is 6.33. The molecule has 3 nitrogen and oxygen atoms in total. The molecule has 0 saturated heterocycles. The van der Waals surface area contributed by atoms with Gasteiger partial charge in [0.05, 0.1) is 6.10 Å². The van der Waals surface area contributed by atoms with E-state index in [-0.39, 0.29) is 5.91 Å². The molecule has 3 heteroatoms. The minimum atomic E-state index is -0.490. The van der Waals surface area contributed by atoms with E-state index in [1.54, 1.807) is 6.92 Å². The van der Waals surface area contributed by atoms with Crippen LogP contribution in [0.3, 0.4) is 0 Å². The smallest absolute Gasteiger partial charge is 0.220 e. The number of nitrogens with one attached hydrogen (secondary N) is 1. The van der Waals surface area contributed by atoms with Crippen LogP contribution >= 0.6 is 0 Å².